The Labute approximate surface area is 183 Å². The van der Waals surface area contributed by atoms with Crippen molar-refractivity contribution in [3.63, 3.8) is 0 Å². The van der Waals surface area contributed by atoms with Crippen LogP contribution in [0.4, 0.5) is 5.69 Å². The van der Waals surface area contributed by atoms with Gasteiger partial charge in [-0.3, -0.25) is 4.79 Å². The van der Waals surface area contributed by atoms with Crippen molar-refractivity contribution in [3.8, 4) is 0 Å². The van der Waals surface area contributed by atoms with Crippen molar-refractivity contribution in [2.75, 3.05) is 31.6 Å². The lowest BCUT2D eigenvalue weighted by molar-refractivity contribution is -0.130. The molecule has 2 aromatic rings. The molecule has 2 aliphatic rings. The van der Waals surface area contributed by atoms with Gasteiger partial charge in [-0.2, -0.15) is 0 Å². The summed E-state index contributed by atoms with van der Waals surface area (Å²) in [6.07, 6.45) is 0.880. The van der Waals surface area contributed by atoms with Crippen molar-refractivity contribution in [2.24, 2.45) is 0 Å². The maximum Gasteiger partial charge on any atom is 0.259 e. The number of hydrogen-bond acceptors (Lipinski definition) is 4. The Morgan fingerprint density at radius 2 is 1.73 bits per heavy atom. The van der Waals surface area contributed by atoms with E-state index in [9.17, 15) is 4.79 Å². The van der Waals surface area contributed by atoms with E-state index in [-0.39, 0.29) is 11.4 Å². The number of amides is 1. The van der Waals surface area contributed by atoms with E-state index < -0.39 is 0 Å². The van der Waals surface area contributed by atoms with Crippen molar-refractivity contribution < 1.29 is 9.53 Å². The SMILES string of the molecule is CC1(C)Cc2ccccc2/C(=C(\C(=O)N2CCOCC2)C(=S)Nc2ccccc2)N1. The zero-order valence-corrected chi connectivity index (χ0v) is 18.2. The maximum atomic E-state index is 13.7. The third-order valence-corrected chi connectivity index (χ3v) is 5.71. The molecule has 2 aromatic carbocycles. The number of morpholine rings is 1. The van der Waals surface area contributed by atoms with Crippen LogP contribution < -0.4 is 10.6 Å². The lowest BCUT2D eigenvalue weighted by Crippen LogP contribution is -2.48. The first-order chi connectivity index (χ1) is 14.4. The summed E-state index contributed by atoms with van der Waals surface area (Å²) in [4.78, 5) is 15.9. The van der Waals surface area contributed by atoms with Crippen LogP contribution in [0.1, 0.15) is 25.0 Å². The van der Waals surface area contributed by atoms with Crippen LogP contribution >= 0.6 is 12.2 Å². The largest absolute Gasteiger partial charge is 0.379 e. The Balaban J connectivity index is 1.81. The lowest BCUT2D eigenvalue weighted by Gasteiger charge is -2.37. The number of carbonyl (C=O) groups excluding carboxylic acids is 1. The Kier molecular flexibility index (Phi) is 5.88. The highest BCUT2D eigenvalue weighted by Crippen LogP contribution is 2.32. The molecule has 1 amide bonds. The second kappa shape index (κ2) is 8.58. The van der Waals surface area contributed by atoms with Crippen molar-refractivity contribution in [1.29, 1.82) is 0 Å². The van der Waals surface area contributed by atoms with Gasteiger partial charge in [-0.05, 0) is 38.0 Å². The number of anilines is 1. The molecule has 1 saturated heterocycles. The first kappa shape index (κ1) is 20.6. The summed E-state index contributed by atoms with van der Waals surface area (Å²) in [5.41, 5.74) is 4.22. The summed E-state index contributed by atoms with van der Waals surface area (Å²) >= 11 is 5.80. The van der Waals surface area contributed by atoms with E-state index in [0.29, 0.717) is 36.9 Å². The van der Waals surface area contributed by atoms with Gasteiger partial charge in [0.25, 0.3) is 5.91 Å². The van der Waals surface area contributed by atoms with E-state index in [2.05, 4.69) is 36.6 Å². The van der Waals surface area contributed by atoms with Crippen molar-refractivity contribution in [2.45, 2.75) is 25.8 Å². The Morgan fingerprint density at radius 3 is 2.47 bits per heavy atom. The molecular formula is C24H27N3O2S. The molecule has 30 heavy (non-hydrogen) atoms. The van der Waals surface area contributed by atoms with Crippen molar-refractivity contribution in [1.82, 2.24) is 10.2 Å². The average Bonchev–Trinajstić information content (AvgIpc) is 2.74. The van der Waals surface area contributed by atoms with Gasteiger partial charge < -0.3 is 20.3 Å². The summed E-state index contributed by atoms with van der Waals surface area (Å²) < 4.78 is 5.45. The van der Waals surface area contributed by atoms with Crippen LogP contribution in [0.5, 0.6) is 0 Å². The first-order valence-electron chi connectivity index (χ1n) is 10.3. The Bertz CT molecular complexity index is 979. The normalized spacial score (nSPS) is 19.3. The van der Waals surface area contributed by atoms with Crippen LogP contribution in [0.15, 0.2) is 60.2 Å². The van der Waals surface area contributed by atoms with Crippen LogP contribution in [0.25, 0.3) is 5.70 Å². The smallest absolute Gasteiger partial charge is 0.259 e. The molecule has 2 aliphatic heterocycles. The minimum Gasteiger partial charge on any atom is -0.379 e. The topological polar surface area (TPSA) is 53.6 Å². The average molecular weight is 422 g/mol. The molecule has 0 atom stereocenters. The van der Waals surface area contributed by atoms with Gasteiger partial charge in [-0.15, -0.1) is 0 Å². The highest BCUT2D eigenvalue weighted by Gasteiger charge is 2.34. The fourth-order valence-electron chi connectivity index (χ4n) is 4.00. The minimum absolute atomic E-state index is 0.0678. The number of rotatable bonds is 3. The monoisotopic (exact) mass is 421 g/mol. The Hall–Kier alpha value is -2.70. The van der Waals surface area contributed by atoms with E-state index in [0.717, 1.165) is 23.4 Å². The zero-order valence-electron chi connectivity index (χ0n) is 17.4. The molecule has 0 spiro atoms. The Morgan fingerprint density at radius 1 is 1.07 bits per heavy atom. The van der Waals surface area contributed by atoms with Crippen LogP contribution in [0.2, 0.25) is 0 Å². The van der Waals surface area contributed by atoms with Crippen LogP contribution in [0.3, 0.4) is 0 Å². The molecule has 1 fully saturated rings. The molecule has 0 saturated carbocycles. The molecule has 2 heterocycles. The molecule has 156 valence electrons. The van der Waals surface area contributed by atoms with Crippen molar-refractivity contribution in [3.05, 3.63) is 71.3 Å². The van der Waals surface area contributed by atoms with Crippen LogP contribution in [-0.4, -0.2) is 47.6 Å². The number of hydrogen-bond donors (Lipinski definition) is 2. The van der Waals surface area contributed by atoms with Gasteiger partial charge in [0.1, 0.15) is 4.99 Å². The number of carbonyl (C=O) groups is 1. The van der Waals surface area contributed by atoms with Gasteiger partial charge in [0.15, 0.2) is 0 Å². The first-order valence-corrected chi connectivity index (χ1v) is 10.7. The maximum absolute atomic E-state index is 13.7. The molecule has 0 bridgehead atoms. The molecular weight excluding hydrogens is 394 g/mol. The summed E-state index contributed by atoms with van der Waals surface area (Å²) in [5.74, 6) is -0.0678. The zero-order chi connectivity index (χ0) is 21.1. The third kappa shape index (κ3) is 4.40. The quantitative estimate of drug-likeness (QED) is 0.586. The number of nitrogens with one attached hydrogen (secondary N) is 2. The summed E-state index contributed by atoms with van der Waals surface area (Å²) in [5, 5.41) is 6.88. The molecule has 6 heteroatoms. The second-order valence-electron chi connectivity index (χ2n) is 8.32. The highest BCUT2D eigenvalue weighted by atomic mass is 32.1. The minimum atomic E-state index is -0.192. The second-order valence-corrected chi connectivity index (χ2v) is 8.73. The summed E-state index contributed by atoms with van der Waals surface area (Å²) in [6, 6.07) is 18.0. The summed E-state index contributed by atoms with van der Waals surface area (Å²) in [6.45, 7) is 6.51. The third-order valence-electron chi connectivity index (χ3n) is 5.40. The fraction of sp³-hybridized carbons (Fsp3) is 0.333. The highest BCUT2D eigenvalue weighted by molar-refractivity contribution is 7.81. The number of para-hydroxylation sites is 1. The summed E-state index contributed by atoms with van der Waals surface area (Å²) in [7, 11) is 0. The van der Waals surface area contributed by atoms with Crippen LogP contribution in [0, 0.1) is 0 Å². The fourth-order valence-corrected chi connectivity index (χ4v) is 4.31. The molecule has 0 radical (unpaired) electrons. The van der Waals surface area contributed by atoms with E-state index in [4.69, 9.17) is 17.0 Å². The van der Waals surface area contributed by atoms with Gasteiger partial charge in [0, 0.05) is 29.9 Å². The van der Waals surface area contributed by atoms with E-state index in [1.807, 2.05) is 47.4 Å². The predicted octanol–water partition coefficient (Wildman–Crippen LogP) is 3.62. The molecule has 0 aromatic heterocycles. The van der Waals surface area contributed by atoms with Gasteiger partial charge in [0.05, 0.1) is 24.5 Å². The molecule has 2 N–H and O–H groups in total. The van der Waals surface area contributed by atoms with E-state index >= 15 is 0 Å². The number of fused-ring (bicyclic) bond motifs is 1. The van der Waals surface area contributed by atoms with Gasteiger partial charge in [-0.1, -0.05) is 54.7 Å². The number of nitrogens with zero attached hydrogens (tertiary/aromatic N) is 1. The van der Waals surface area contributed by atoms with Crippen LogP contribution in [-0.2, 0) is 16.0 Å². The lowest BCUT2D eigenvalue weighted by atomic mass is 9.84. The van der Waals surface area contributed by atoms with Gasteiger partial charge in [-0.25, -0.2) is 0 Å². The van der Waals surface area contributed by atoms with Crippen molar-refractivity contribution >= 4 is 34.5 Å². The number of thiocarbonyl (C=S) groups is 1. The molecule has 4 rings (SSSR count). The van der Waals surface area contributed by atoms with Gasteiger partial charge >= 0.3 is 0 Å². The van der Waals surface area contributed by atoms with E-state index in [1.54, 1.807) is 0 Å². The van der Waals surface area contributed by atoms with Gasteiger partial charge in [0.2, 0.25) is 0 Å². The molecule has 0 unspecified atom stereocenters. The van der Waals surface area contributed by atoms with E-state index in [1.165, 1.54) is 5.56 Å². The predicted molar refractivity (Wildman–Crippen MR) is 124 cm³/mol. The number of benzene rings is 2. The standard InChI is InChI=1S/C24H27N3O2S/c1-24(2)16-17-8-6-7-11-19(17)21(26-24)20(23(28)27-12-14-29-15-13-27)22(30)25-18-9-4-3-5-10-18/h3-11,26H,12-16H2,1-2H3,(H,25,30)/b21-20+. The number of ether oxygens (including phenoxy) is 1. The molecule has 0 aliphatic carbocycles. The molecule has 5 nitrogen and oxygen atoms in total.